The highest BCUT2D eigenvalue weighted by atomic mass is 15.3. The third kappa shape index (κ3) is 2.96. The van der Waals surface area contributed by atoms with Crippen LogP contribution in [-0.4, -0.2) is 62.2 Å². The van der Waals surface area contributed by atoms with Crippen molar-refractivity contribution in [1.82, 2.24) is 15.1 Å². The Morgan fingerprint density at radius 3 is 2.56 bits per heavy atom. The monoisotopic (exact) mass is 225 g/mol. The van der Waals surface area contributed by atoms with Crippen molar-refractivity contribution >= 4 is 0 Å². The van der Waals surface area contributed by atoms with E-state index in [0.717, 1.165) is 12.6 Å². The average Bonchev–Trinajstić information content (AvgIpc) is 2.74. The standard InChI is InChI=1S/C13H27N3/c1-14-10-13-11-16(9-5-8-15(13)2)12-6-3-4-7-12/h12-14H,3-11H2,1-2H3. The first-order valence-corrected chi connectivity index (χ1v) is 6.90. The van der Waals surface area contributed by atoms with Crippen molar-refractivity contribution in [2.75, 3.05) is 40.3 Å². The number of rotatable bonds is 3. The van der Waals surface area contributed by atoms with Crippen molar-refractivity contribution in [2.24, 2.45) is 0 Å². The molecule has 0 radical (unpaired) electrons. The van der Waals surface area contributed by atoms with Gasteiger partial charge < -0.3 is 10.2 Å². The highest BCUT2D eigenvalue weighted by molar-refractivity contribution is 4.85. The maximum atomic E-state index is 3.34. The molecule has 1 heterocycles. The summed E-state index contributed by atoms with van der Waals surface area (Å²) in [4.78, 5) is 5.30. The quantitative estimate of drug-likeness (QED) is 0.777. The second kappa shape index (κ2) is 5.99. The van der Waals surface area contributed by atoms with Gasteiger partial charge in [0.2, 0.25) is 0 Å². The molecule has 0 amide bonds. The van der Waals surface area contributed by atoms with Gasteiger partial charge in [0.25, 0.3) is 0 Å². The van der Waals surface area contributed by atoms with E-state index < -0.39 is 0 Å². The van der Waals surface area contributed by atoms with Crippen molar-refractivity contribution in [3.63, 3.8) is 0 Å². The Morgan fingerprint density at radius 1 is 1.12 bits per heavy atom. The summed E-state index contributed by atoms with van der Waals surface area (Å²) < 4.78 is 0. The van der Waals surface area contributed by atoms with E-state index in [1.165, 1.54) is 51.7 Å². The fraction of sp³-hybridized carbons (Fsp3) is 1.00. The summed E-state index contributed by atoms with van der Waals surface area (Å²) in [5, 5.41) is 3.34. The van der Waals surface area contributed by atoms with Gasteiger partial charge in [-0.25, -0.2) is 0 Å². The summed E-state index contributed by atoms with van der Waals surface area (Å²) in [6, 6.07) is 1.60. The van der Waals surface area contributed by atoms with Crippen LogP contribution in [0.5, 0.6) is 0 Å². The van der Waals surface area contributed by atoms with E-state index in [2.05, 4.69) is 29.2 Å². The van der Waals surface area contributed by atoms with Gasteiger partial charge in [0.05, 0.1) is 0 Å². The summed E-state index contributed by atoms with van der Waals surface area (Å²) in [5.74, 6) is 0. The van der Waals surface area contributed by atoms with E-state index in [9.17, 15) is 0 Å². The first-order valence-electron chi connectivity index (χ1n) is 6.90. The predicted molar refractivity (Wildman–Crippen MR) is 68.8 cm³/mol. The van der Waals surface area contributed by atoms with Gasteiger partial charge in [-0.3, -0.25) is 4.90 Å². The molecule has 1 saturated carbocycles. The van der Waals surface area contributed by atoms with E-state index in [0.29, 0.717) is 6.04 Å². The summed E-state index contributed by atoms with van der Waals surface area (Å²) in [5.41, 5.74) is 0. The summed E-state index contributed by atoms with van der Waals surface area (Å²) >= 11 is 0. The lowest BCUT2D eigenvalue weighted by molar-refractivity contribution is 0.165. The van der Waals surface area contributed by atoms with E-state index in [-0.39, 0.29) is 0 Å². The molecule has 1 aliphatic carbocycles. The molecular weight excluding hydrogens is 198 g/mol. The zero-order valence-corrected chi connectivity index (χ0v) is 10.9. The van der Waals surface area contributed by atoms with Crippen LogP contribution in [0.15, 0.2) is 0 Å². The van der Waals surface area contributed by atoms with Crippen LogP contribution < -0.4 is 5.32 Å². The molecule has 94 valence electrons. The van der Waals surface area contributed by atoms with Crippen molar-refractivity contribution < 1.29 is 0 Å². The zero-order valence-electron chi connectivity index (χ0n) is 10.9. The van der Waals surface area contributed by atoms with E-state index >= 15 is 0 Å². The summed E-state index contributed by atoms with van der Waals surface area (Å²) in [6.45, 7) is 4.96. The predicted octanol–water partition coefficient (Wildman–Crippen LogP) is 1.15. The number of nitrogens with zero attached hydrogens (tertiary/aromatic N) is 2. The third-order valence-electron chi connectivity index (χ3n) is 4.31. The molecule has 2 rings (SSSR count). The fourth-order valence-electron chi connectivity index (χ4n) is 3.26. The molecule has 0 aromatic carbocycles. The fourth-order valence-corrected chi connectivity index (χ4v) is 3.26. The topological polar surface area (TPSA) is 18.5 Å². The van der Waals surface area contributed by atoms with Gasteiger partial charge in [0.15, 0.2) is 0 Å². The molecule has 3 heteroatoms. The van der Waals surface area contributed by atoms with Crippen LogP contribution in [0.3, 0.4) is 0 Å². The lowest BCUT2D eigenvalue weighted by Crippen LogP contribution is -2.46. The normalized spacial score (nSPS) is 30.8. The Morgan fingerprint density at radius 2 is 1.88 bits per heavy atom. The largest absolute Gasteiger partial charge is 0.318 e. The highest BCUT2D eigenvalue weighted by Gasteiger charge is 2.28. The van der Waals surface area contributed by atoms with Crippen LogP contribution in [-0.2, 0) is 0 Å². The van der Waals surface area contributed by atoms with Crippen molar-refractivity contribution in [2.45, 2.75) is 44.2 Å². The second-order valence-electron chi connectivity index (χ2n) is 5.48. The molecule has 0 bridgehead atoms. The number of hydrogen-bond acceptors (Lipinski definition) is 3. The maximum Gasteiger partial charge on any atom is 0.0344 e. The van der Waals surface area contributed by atoms with Gasteiger partial charge >= 0.3 is 0 Å². The van der Waals surface area contributed by atoms with Crippen LogP contribution in [0.2, 0.25) is 0 Å². The smallest absolute Gasteiger partial charge is 0.0344 e. The van der Waals surface area contributed by atoms with Gasteiger partial charge in [0, 0.05) is 25.2 Å². The maximum absolute atomic E-state index is 3.34. The van der Waals surface area contributed by atoms with Crippen LogP contribution in [0.25, 0.3) is 0 Å². The van der Waals surface area contributed by atoms with Crippen LogP contribution in [0.4, 0.5) is 0 Å². The van der Waals surface area contributed by atoms with Crippen LogP contribution >= 0.6 is 0 Å². The first-order chi connectivity index (χ1) is 7.81. The lowest BCUT2D eigenvalue weighted by Gasteiger charge is -2.32. The zero-order chi connectivity index (χ0) is 11.4. The van der Waals surface area contributed by atoms with Gasteiger partial charge in [-0.15, -0.1) is 0 Å². The minimum atomic E-state index is 0.702. The molecule has 1 saturated heterocycles. The number of likely N-dealkylation sites (N-methyl/N-ethyl adjacent to an activating group) is 2. The molecule has 3 nitrogen and oxygen atoms in total. The second-order valence-corrected chi connectivity index (χ2v) is 5.48. The van der Waals surface area contributed by atoms with Crippen LogP contribution in [0.1, 0.15) is 32.1 Å². The molecule has 2 aliphatic rings. The molecule has 1 N–H and O–H groups in total. The van der Waals surface area contributed by atoms with Crippen LogP contribution in [0, 0.1) is 0 Å². The Labute approximate surface area is 100 Å². The molecule has 0 aromatic rings. The molecule has 2 fully saturated rings. The first kappa shape index (κ1) is 12.3. The van der Waals surface area contributed by atoms with Crippen molar-refractivity contribution in [3.05, 3.63) is 0 Å². The lowest BCUT2D eigenvalue weighted by atomic mass is 10.1. The minimum Gasteiger partial charge on any atom is -0.318 e. The van der Waals surface area contributed by atoms with E-state index in [1.54, 1.807) is 0 Å². The Hall–Kier alpha value is -0.120. The number of hydrogen-bond donors (Lipinski definition) is 1. The SMILES string of the molecule is CNCC1CN(C2CCCC2)CCCN1C. The van der Waals surface area contributed by atoms with Gasteiger partial charge in [-0.05, 0) is 46.4 Å². The van der Waals surface area contributed by atoms with Gasteiger partial charge in [-0.1, -0.05) is 12.8 Å². The summed E-state index contributed by atoms with van der Waals surface area (Å²) in [7, 11) is 4.35. The van der Waals surface area contributed by atoms with Gasteiger partial charge in [-0.2, -0.15) is 0 Å². The molecule has 0 aromatic heterocycles. The molecular formula is C13H27N3. The summed E-state index contributed by atoms with van der Waals surface area (Å²) in [6.07, 6.45) is 7.13. The molecule has 0 spiro atoms. The van der Waals surface area contributed by atoms with Gasteiger partial charge in [0.1, 0.15) is 0 Å². The molecule has 16 heavy (non-hydrogen) atoms. The Bertz CT molecular complexity index is 201. The van der Waals surface area contributed by atoms with Crippen molar-refractivity contribution in [1.29, 1.82) is 0 Å². The van der Waals surface area contributed by atoms with E-state index in [1.807, 2.05) is 0 Å². The van der Waals surface area contributed by atoms with Crippen molar-refractivity contribution in [3.8, 4) is 0 Å². The average molecular weight is 225 g/mol. The Balaban J connectivity index is 1.92. The Kier molecular flexibility index (Phi) is 4.62. The number of nitrogens with one attached hydrogen (secondary N) is 1. The minimum absolute atomic E-state index is 0.702. The highest BCUT2D eigenvalue weighted by Crippen LogP contribution is 2.25. The third-order valence-corrected chi connectivity index (χ3v) is 4.31. The molecule has 1 aliphatic heterocycles. The molecule has 1 unspecified atom stereocenters. The van der Waals surface area contributed by atoms with E-state index in [4.69, 9.17) is 0 Å². The molecule has 1 atom stereocenters.